The van der Waals surface area contributed by atoms with Crippen LogP contribution in [0.5, 0.6) is 5.75 Å². The molecule has 1 aromatic rings. The second-order valence-corrected chi connectivity index (χ2v) is 3.68. The van der Waals surface area contributed by atoms with E-state index < -0.39 is 0 Å². The van der Waals surface area contributed by atoms with Gasteiger partial charge in [0, 0.05) is 0 Å². The van der Waals surface area contributed by atoms with E-state index in [0.717, 1.165) is 24.2 Å². The zero-order valence-electron chi connectivity index (χ0n) is 8.59. The molecule has 0 saturated carbocycles. The van der Waals surface area contributed by atoms with E-state index in [-0.39, 0.29) is 5.97 Å². The summed E-state index contributed by atoms with van der Waals surface area (Å²) in [6.07, 6.45) is 2.25. The number of carbonyl (C=O) groups is 1. The normalized spacial score (nSPS) is 14.9. The van der Waals surface area contributed by atoms with Crippen LogP contribution in [0.3, 0.4) is 0 Å². The maximum atomic E-state index is 11.2. The Kier molecular flexibility index (Phi) is 2.28. The van der Waals surface area contributed by atoms with Gasteiger partial charge in [-0.3, -0.25) is 4.79 Å². The number of hydrogen-bond donors (Lipinski definition) is 0. The number of fused-ring (bicyclic) bond motifs is 1. The Morgan fingerprint density at radius 1 is 1.36 bits per heavy atom. The van der Waals surface area contributed by atoms with E-state index in [1.54, 1.807) is 0 Å². The first-order valence-electron chi connectivity index (χ1n) is 5.04. The van der Waals surface area contributed by atoms with E-state index in [2.05, 4.69) is 19.9 Å². The first kappa shape index (κ1) is 9.25. The van der Waals surface area contributed by atoms with Gasteiger partial charge in [0.1, 0.15) is 5.75 Å². The van der Waals surface area contributed by atoms with Gasteiger partial charge in [-0.1, -0.05) is 19.1 Å². The van der Waals surface area contributed by atoms with Crippen LogP contribution in [0.4, 0.5) is 0 Å². The van der Waals surface area contributed by atoms with Gasteiger partial charge in [0.25, 0.3) is 0 Å². The lowest BCUT2D eigenvalue weighted by molar-refractivity contribution is -0.135. The van der Waals surface area contributed by atoms with E-state index in [1.807, 2.05) is 6.07 Å². The highest BCUT2D eigenvalue weighted by atomic mass is 16.5. The Bertz CT molecular complexity index is 380. The topological polar surface area (TPSA) is 26.3 Å². The zero-order chi connectivity index (χ0) is 10.1. The van der Waals surface area contributed by atoms with Crippen molar-refractivity contribution in [3.05, 3.63) is 28.8 Å². The van der Waals surface area contributed by atoms with Gasteiger partial charge in [-0.05, 0) is 36.5 Å². The third-order valence-electron chi connectivity index (χ3n) is 2.75. The van der Waals surface area contributed by atoms with Crippen molar-refractivity contribution < 1.29 is 9.53 Å². The van der Waals surface area contributed by atoms with Gasteiger partial charge in [-0.15, -0.1) is 0 Å². The van der Waals surface area contributed by atoms with Gasteiger partial charge in [0.2, 0.25) is 0 Å². The quantitative estimate of drug-likeness (QED) is 0.502. The van der Waals surface area contributed by atoms with Crippen LogP contribution in [-0.4, -0.2) is 5.97 Å². The van der Waals surface area contributed by atoms with Crippen molar-refractivity contribution in [1.29, 1.82) is 0 Å². The van der Waals surface area contributed by atoms with Gasteiger partial charge in [-0.2, -0.15) is 0 Å². The molecule has 0 spiro atoms. The monoisotopic (exact) mass is 190 g/mol. The summed E-state index contributed by atoms with van der Waals surface area (Å²) in [5.74, 6) is 0.724. The Balaban J connectivity index is 2.54. The molecule has 0 amide bonds. The number of ether oxygens (including phenoxy) is 1. The molecule has 14 heavy (non-hydrogen) atoms. The third-order valence-corrected chi connectivity index (χ3v) is 2.75. The van der Waals surface area contributed by atoms with Gasteiger partial charge in [0.15, 0.2) is 0 Å². The van der Waals surface area contributed by atoms with Crippen LogP contribution in [0.15, 0.2) is 12.1 Å². The first-order chi connectivity index (χ1) is 6.72. The van der Waals surface area contributed by atoms with Crippen LogP contribution in [0.25, 0.3) is 0 Å². The minimum Gasteiger partial charge on any atom is -0.426 e. The summed E-state index contributed by atoms with van der Waals surface area (Å²) in [6.45, 7) is 4.14. The molecule has 1 aromatic carbocycles. The molecule has 1 aliphatic rings. The second kappa shape index (κ2) is 3.45. The molecule has 0 radical (unpaired) electrons. The lowest BCUT2D eigenvalue weighted by Gasteiger charge is -2.20. The molecule has 2 nitrogen and oxygen atoms in total. The van der Waals surface area contributed by atoms with Crippen molar-refractivity contribution in [2.24, 2.45) is 0 Å². The van der Waals surface area contributed by atoms with Crippen LogP contribution in [0.2, 0.25) is 0 Å². The maximum absolute atomic E-state index is 11.2. The Morgan fingerprint density at radius 2 is 2.14 bits per heavy atom. The van der Waals surface area contributed by atoms with Gasteiger partial charge < -0.3 is 4.74 Å². The Labute approximate surface area is 83.9 Å². The smallest absolute Gasteiger partial charge is 0.311 e. The summed E-state index contributed by atoms with van der Waals surface area (Å²) in [5.41, 5.74) is 3.58. The van der Waals surface area contributed by atoms with Gasteiger partial charge in [0.05, 0.1) is 6.42 Å². The summed E-state index contributed by atoms with van der Waals surface area (Å²) in [4.78, 5) is 11.2. The molecule has 2 heteroatoms. The highest BCUT2D eigenvalue weighted by Crippen LogP contribution is 2.32. The van der Waals surface area contributed by atoms with Crippen molar-refractivity contribution in [1.82, 2.24) is 0 Å². The Morgan fingerprint density at radius 3 is 2.86 bits per heavy atom. The van der Waals surface area contributed by atoms with Crippen LogP contribution >= 0.6 is 0 Å². The second-order valence-electron chi connectivity index (χ2n) is 3.68. The van der Waals surface area contributed by atoms with Crippen LogP contribution in [0, 0.1) is 6.92 Å². The average Bonchev–Trinajstić information content (AvgIpc) is 2.18. The molecular weight excluding hydrogens is 176 g/mol. The van der Waals surface area contributed by atoms with E-state index in [4.69, 9.17) is 4.74 Å². The van der Waals surface area contributed by atoms with Crippen molar-refractivity contribution in [3.8, 4) is 5.75 Å². The number of hydrogen-bond acceptors (Lipinski definition) is 2. The SMILES string of the molecule is CCc1ccc(C)c2c1OC(=O)CC2. The number of rotatable bonds is 1. The van der Waals surface area contributed by atoms with Gasteiger partial charge >= 0.3 is 5.97 Å². The third kappa shape index (κ3) is 1.41. The van der Waals surface area contributed by atoms with Crippen LogP contribution in [0.1, 0.15) is 30.0 Å². The molecule has 1 aliphatic heterocycles. The molecule has 0 saturated heterocycles. The molecule has 1 heterocycles. The number of benzene rings is 1. The highest BCUT2D eigenvalue weighted by Gasteiger charge is 2.20. The molecule has 0 aliphatic carbocycles. The van der Waals surface area contributed by atoms with E-state index in [1.165, 1.54) is 11.1 Å². The lowest BCUT2D eigenvalue weighted by Crippen LogP contribution is -2.18. The summed E-state index contributed by atoms with van der Waals surface area (Å²) in [7, 11) is 0. The fraction of sp³-hybridized carbons (Fsp3) is 0.417. The van der Waals surface area contributed by atoms with Crippen LogP contribution in [-0.2, 0) is 17.6 Å². The number of carbonyl (C=O) groups excluding carboxylic acids is 1. The summed E-state index contributed by atoms with van der Waals surface area (Å²) < 4.78 is 5.30. The lowest BCUT2D eigenvalue weighted by atomic mass is 9.96. The molecule has 0 unspecified atom stereocenters. The molecule has 0 fully saturated rings. The molecule has 0 atom stereocenters. The summed E-state index contributed by atoms with van der Waals surface area (Å²) in [5, 5.41) is 0. The standard InChI is InChI=1S/C12H14O2/c1-3-9-5-4-8(2)10-6-7-11(13)14-12(9)10/h4-5H,3,6-7H2,1-2H3. The van der Waals surface area contributed by atoms with Gasteiger partial charge in [-0.25, -0.2) is 0 Å². The molecular formula is C12H14O2. The predicted molar refractivity (Wildman–Crippen MR) is 54.5 cm³/mol. The average molecular weight is 190 g/mol. The molecule has 2 rings (SSSR count). The fourth-order valence-corrected chi connectivity index (χ4v) is 1.88. The predicted octanol–water partition coefficient (Wildman–Crippen LogP) is 2.41. The van der Waals surface area contributed by atoms with E-state index in [9.17, 15) is 4.79 Å². The summed E-state index contributed by atoms with van der Waals surface area (Å²) >= 11 is 0. The van der Waals surface area contributed by atoms with Crippen LogP contribution < -0.4 is 4.74 Å². The molecule has 0 aromatic heterocycles. The number of aryl methyl sites for hydroxylation is 2. The number of esters is 1. The minimum absolute atomic E-state index is 0.0993. The Hall–Kier alpha value is -1.31. The van der Waals surface area contributed by atoms with Crippen molar-refractivity contribution in [2.75, 3.05) is 0 Å². The van der Waals surface area contributed by atoms with E-state index >= 15 is 0 Å². The summed E-state index contributed by atoms with van der Waals surface area (Å²) in [6, 6.07) is 4.16. The van der Waals surface area contributed by atoms with Crippen molar-refractivity contribution >= 4 is 5.97 Å². The molecule has 0 N–H and O–H groups in total. The largest absolute Gasteiger partial charge is 0.426 e. The highest BCUT2D eigenvalue weighted by molar-refractivity contribution is 5.76. The fourth-order valence-electron chi connectivity index (χ4n) is 1.88. The van der Waals surface area contributed by atoms with Crippen molar-refractivity contribution in [3.63, 3.8) is 0 Å². The zero-order valence-corrected chi connectivity index (χ0v) is 8.59. The van der Waals surface area contributed by atoms with E-state index in [0.29, 0.717) is 6.42 Å². The first-order valence-corrected chi connectivity index (χ1v) is 5.04. The molecule has 0 bridgehead atoms. The minimum atomic E-state index is -0.0993. The maximum Gasteiger partial charge on any atom is 0.311 e. The molecule has 74 valence electrons. The van der Waals surface area contributed by atoms with Crippen molar-refractivity contribution in [2.45, 2.75) is 33.1 Å².